The Morgan fingerprint density at radius 3 is 2.02 bits per heavy atom. The minimum absolute atomic E-state index is 0.0126. The second kappa shape index (κ2) is 14.7. The normalized spacial score (nSPS) is 12.0. The fourth-order valence-corrected chi connectivity index (χ4v) is 5.68. The van der Waals surface area contributed by atoms with Gasteiger partial charge in [0, 0.05) is 19.5 Å². The van der Waals surface area contributed by atoms with Crippen LogP contribution in [0.2, 0.25) is 15.1 Å². The molecule has 7 nitrogen and oxygen atoms in total. The first-order valence-electron chi connectivity index (χ1n) is 12.8. The fourth-order valence-electron chi connectivity index (χ4n) is 4.14. The smallest absolute Gasteiger partial charge is 0.244 e. The van der Waals surface area contributed by atoms with Crippen molar-refractivity contribution in [2.24, 2.45) is 0 Å². The number of halogens is 3. The van der Waals surface area contributed by atoms with Crippen molar-refractivity contribution in [1.29, 1.82) is 0 Å². The highest BCUT2D eigenvalue weighted by molar-refractivity contribution is 7.92. The van der Waals surface area contributed by atoms with Crippen LogP contribution in [0.3, 0.4) is 0 Å². The van der Waals surface area contributed by atoms with Crippen molar-refractivity contribution in [2.45, 2.75) is 38.8 Å². The van der Waals surface area contributed by atoms with E-state index < -0.39 is 28.5 Å². The van der Waals surface area contributed by atoms with Crippen LogP contribution in [0.5, 0.6) is 0 Å². The lowest BCUT2D eigenvalue weighted by molar-refractivity contribution is -0.140. The topological polar surface area (TPSA) is 86.8 Å². The number of carbonyl (C=O) groups is 2. The summed E-state index contributed by atoms with van der Waals surface area (Å²) in [5, 5.41) is 3.19. The summed E-state index contributed by atoms with van der Waals surface area (Å²) in [6, 6.07) is 20.3. The van der Waals surface area contributed by atoms with E-state index in [-0.39, 0.29) is 39.6 Å². The summed E-state index contributed by atoms with van der Waals surface area (Å²) < 4.78 is 26.7. The van der Waals surface area contributed by atoms with Crippen LogP contribution in [0.25, 0.3) is 0 Å². The molecule has 0 aliphatic carbocycles. The van der Waals surface area contributed by atoms with E-state index in [1.54, 1.807) is 0 Å². The number of unbranched alkanes of at least 4 members (excludes halogenated alkanes) is 1. The zero-order valence-corrected chi connectivity index (χ0v) is 25.4. The minimum atomic E-state index is -3.99. The van der Waals surface area contributed by atoms with Crippen LogP contribution in [0.4, 0.5) is 5.69 Å². The molecule has 0 saturated carbocycles. The van der Waals surface area contributed by atoms with Gasteiger partial charge in [0.25, 0.3) is 0 Å². The van der Waals surface area contributed by atoms with Crippen LogP contribution in [0, 0.1) is 0 Å². The van der Waals surface area contributed by atoms with Gasteiger partial charge in [0.1, 0.15) is 12.6 Å². The Bertz CT molecular complexity index is 1410. The molecule has 0 aliphatic heterocycles. The lowest BCUT2D eigenvalue weighted by Crippen LogP contribution is -2.53. The second-order valence-corrected chi connectivity index (χ2v) is 12.5. The van der Waals surface area contributed by atoms with Gasteiger partial charge in [0.15, 0.2) is 0 Å². The first kappa shape index (κ1) is 31.7. The molecule has 0 saturated heterocycles. The summed E-state index contributed by atoms with van der Waals surface area (Å²) in [7, 11) is -3.99. The van der Waals surface area contributed by atoms with Crippen molar-refractivity contribution < 1.29 is 18.0 Å². The highest BCUT2D eigenvalue weighted by atomic mass is 35.5. The number of hydrogen-bond acceptors (Lipinski definition) is 4. The highest BCUT2D eigenvalue weighted by Crippen LogP contribution is 2.35. The molecule has 3 aromatic rings. The van der Waals surface area contributed by atoms with Crippen LogP contribution in [-0.2, 0) is 32.6 Å². The summed E-state index contributed by atoms with van der Waals surface area (Å²) >= 11 is 18.6. The van der Waals surface area contributed by atoms with E-state index in [0.717, 1.165) is 34.5 Å². The van der Waals surface area contributed by atoms with Gasteiger partial charge in [0.05, 0.1) is 27.0 Å². The molecule has 40 heavy (non-hydrogen) atoms. The molecule has 0 spiro atoms. The monoisotopic (exact) mass is 623 g/mol. The summed E-state index contributed by atoms with van der Waals surface area (Å²) in [5.41, 5.74) is 1.66. The molecule has 0 fully saturated rings. The average Bonchev–Trinajstić information content (AvgIpc) is 2.92. The van der Waals surface area contributed by atoms with Crippen LogP contribution >= 0.6 is 34.8 Å². The van der Waals surface area contributed by atoms with Crippen LogP contribution in [0.15, 0.2) is 72.8 Å². The summed E-state index contributed by atoms with van der Waals surface area (Å²) in [5.74, 6) is -0.900. The molecular formula is C29H32Cl3N3O4S. The SMILES string of the molecule is CCCCNC(=O)C(Cc1ccccc1)N(Cc1ccccc1)C(=O)CN(c1cc(Cl)c(Cl)cc1Cl)S(C)(=O)=O. The van der Waals surface area contributed by atoms with Crippen molar-refractivity contribution in [3.05, 3.63) is 99.0 Å². The number of benzene rings is 3. The summed E-state index contributed by atoms with van der Waals surface area (Å²) in [6.07, 6.45) is 2.89. The van der Waals surface area contributed by atoms with Gasteiger partial charge < -0.3 is 10.2 Å². The summed E-state index contributed by atoms with van der Waals surface area (Å²) in [6.45, 7) is 1.97. The van der Waals surface area contributed by atoms with Gasteiger partial charge in [-0.2, -0.15) is 0 Å². The minimum Gasteiger partial charge on any atom is -0.354 e. The first-order chi connectivity index (χ1) is 19.0. The van der Waals surface area contributed by atoms with Crippen molar-refractivity contribution in [2.75, 3.05) is 23.7 Å². The molecule has 1 N–H and O–H groups in total. The van der Waals surface area contributed by atoms with Crippen molar-refractivity contribution in [1.82, 2.24) is 10.2 Å². The molecule has 0 radical (unpaired) electrons. The highest BCUT2D eigenvalue weighted by Gasteiger charge is 2.33. The number of anilines is 1. The van der Waals surface area contributed by atoms with E-state index >= 15 is 0 Å². The van der Waals surface area contributed by atoms with Gasteiger partial charge in [-0.1, -0.05) is 109 Å². The number of amides is 2. The van der Waals surface area contributed by atoms with E-state index in [4.69, 9.17) is 34.8 Å². The van der Waals surface area contributed by atoms with Gasteiger partial charge in [0.2, 0.25) is 21.8 Å². The standard InChI is InChI=1S/C29H32Cl3N3O4S/c1-3-4-15-33-29(37)27(16-21-11-7-5-8-12-21)34(19-22-13-9-6-10-14-22)28(36)20-35(40(2,38)39)26-18-24(31)23(30)17-25(26)32/h5-14,17-18,27H,3-4,15-16,19-20H2,1-2H3,(H,33,37). The molecule has 0 aliphatic rings. The van der Waals surface area contributed by atoms with E-state index in [1.807, 2.05) is 67.6 Å². The third-order valence-electron chi connectivity index (χ3n) is 6.23. The Labute approximate surface area is 251 Å². The van der Waals surface area contributed by atoms with Crippen LogP contribution < -0.4 is 9.62 Å². The molecule has 0 heterocycles. The van der Waals surface area contributed by atoms with E-state index in [9.17, 15) is 18.0 Å². The van der Waals surface area contributed by atoms with Gasteiger partial charge in [-0.3, -0.25) is 13.9 Å². The fraction of sp³-hybridized carbons (Fsp3) is 0.310. The number of sulfonamides is 1. The molecule has 1 atom stereocenters. The lowest BCUT2D eigenvalue weighted by Gasteiger charge is -2.33. The molecular weight excluding hydrogens is 593 g/mol. The molecule has 1 unspecified atom stereocenters. The maximum absolute atomic E-state index is 14.0. The number of hydrogen-bond donors (Lipinski definition) is 1. The zero-order valence-electron chi connectivity index (χ0n) is 22.3. The Morgan fingerprint density at radius 1 is 0.875 bits per heavy atom. The van der Waals surface area contributed by atoms with Crippen molar-refractivity contribution in [3.63, 3.8) is 0 Å². The van der Waals surface area contributed by atoms with Gasteiger partial charge in [-0.15, -0.1) is 0 Å². The van der Waals surface area contributed by atoms with E-state index in [2.05, 4.69) is 5.32 Å². The van der Waals surface area contributed by atoms with Crippen molar-refractivity contribution >= 4 is 62.3 Å². The van der Waals surface area contributed by atoms with Gasteiger partial charge in [-0.05, 0) is 29.7 Å². The van der Waals surface area contributed by atoms with E-state index in [1.165, 1.54) is 17.0 Å². The molecule has 11 heteroatoms. The van der Waals surface area contributed by atoms with Crippen LogP contribution in [-0.4, -0.2) is 50.5 Å². The van der Waals surface area contributed by atoms with Gasteiger partial charge in [-0.25, -0.2) is 8.42 Å². The Balaban J connectivity index is 2.05. The van der Waals surface area contributed by atoms with Crippen LogP contribution in [0.1, 0.15) is 30.9 Å². The molecule has 214 valence electrons. The number of nitrogens with zero attached hydrogens (tertiary/aromatic N) is 2. The summed E-state index contributed by atoms with van der Waals surface area (Å²) in [4.78, 5) is 29.0. The lowest BCUT2D eigenvalue weighted by atomic mass is 10.0. The van der Waals surface area contributed by atoms with Gasteiger partial charge >= 0.3 is 0 Å². The number of nitrogens with one attached hydrogen (secondary N) is 1. The Kier molecular flexibility index (Phi) is 11.7. The first-order valence-corrected chi connectivity index (χ1v) is 15.8. The molecule has 3 rings (SSSR count). The second-order valence-electron chi connectivity index (χ2n) is 9.34. The number of carbonyl (C=O) groups excluding carboxylic acids is 2. The molecule has 2 amide bonds. The predicted octanol–water partition coefficient (Wildman–Crippen LogP) is 5.97. The zero-order chi connectivity index (χ0) is 29.3. The molecule has 0 aromatic heterocycles. The molecule has 0 bridgehead atoms. The Hall–Kier alpha value is -2.78. The average molecular weight is 625 g/mol. The third-order valence-corrected chi connectivity index (χ3v) is 8.39. The molecule has 3 aromatic carbocycles. The third kappa shape index (κ3) is 8.86. The maximum atomic E-state index is 14.0. The number of rotatable bonds is 13. The predicted molar refractivity (Wildman–Crippen MR) is 163 cm³/mol. The quantitative estimate of drug-likeness (QED) is 0.188. The maximum Gasteiger partial charge on any atom is 0.244 e. The Morgan fingerprint density at radius 2 is 1.45 bits per heavy atom. The van der Waals surface area contributed by atoms with E-state index in [0.29, 0.717) is 6.54 Å². The largest absolute Gasteiger partial charge is 0.354 e. The van der Waals surface area contributed by atoms with Crippen molar-refractivity contribution in [3.8, 4) is 0 Å².